The molecular weight excluding hydrogens is 130 g/mol. The van der Waals surface area contributed by atoms with E-state index < -0.39 is 5.60 Å². The van der Waals surface area contributed by atoms with E-state index in [1.165, 1.54) is 6.92 Å². The largest absolute Gasteiger partial charge is 0.380 e. The Balaban J connectivity index is 2.75. The minimum atomic E-state index is -1.21. The lowest BCUT2D eigenvalue weighted by Crippen LogP contribution is -2.48. The van der Waals surface area contributed by atoms with E-state index in [-0.39, 0.29) is 11.8 Å². The summed E-state index contributed by atoms with van der Waals surface area (Å²) in [6.45, 7) is 1.39. The molecule has 3 nitrogen and oxygen atoms in total. The third-order valence-corrected chi connectivity index (χ3v) is 2.30. The van der Waals surface area contributed by atoms with Crippen LogP contribution in [0.2, 0.25) is 0 Å². The van der Waals surface area contributed by atoms with E-state index >= 15 is 0 Å². The molecule has 1 aliphatic carbocycles. The van der Waals surface area contributed by atoms with Crippen molar-refractivity contribution in [3.05, 3.63) is 0 Å². The first kappa shape index (κ1) is 7.69. The lowest BCUT2D eigenvalue weighted by atomic mass is 9.94. The fraction of sp³-hybridized carbons (Fsp3) is 0.857. The van der Waals surface area contributed by atoms with Gasteiger partial charge in [-0.15, -0.1) is 0 Å². The van der Waals surface area contributed by atoms with Crippen LogP contribution < -0.4 is 5.73 Å². The molecule has 10 heavy (non-hydrogen) atoms. The molecule has 0 aliphatic heterocycles. The molecule has 2 atom stereocenters. The molecule has 0 amide bonds. The third kappa shape index (κ3) is 0.954. The van der Waals surface area contributed by atoms with E-state index in [0.717, 1.165) is 12.8 Å². The maximum Gasteiger partial charge on any atom is 0.162 e. The van der Waals surface area contributed by atoms with Gasteiger partial charge in [-0.2, -0.15) is 0 Å². The second-order valence-corrected chi connectivity index (χ2v) is 2.98. The Morgan fingerprint density at radius 3 is 2.60 bits per heavy atom. The minimum absolute atomic E-state index is 0.197. The van der Waals surface area contributed by atoms with E-state index in [2.05, 4.69) is 0 Å². The fourth-order valence-electron chi connectivity index (χ4n) is 1.45. The molecule has 0 heterocycles. The average Bonchev–Trinajstić information content (AvgIpc) is 2.15. The van der Waals surface area contributed by atoms with Gasteiger partial charge in [-0.1, -0.05) is 0 Å². The van der Waals surface area contributed by atoms with Gasteiger partial charge in [0.2, 0.25) is 0 Å². The second-order valence-electron chi connectivity index (χ2n) is 2.98. The number of hydrogen-bond acceptors (Lipinski definition) is 3. The molecule has 3 N–H and O–H groups in total. The van der Waals surface area contributed by atoms with Crippen molar-refractivity contribution < 1.29 is 9.90 Å². The summed E-state index contributed by atoms with van der Waals surface area (Å²) in [7, 11) is 0. The predicted octanol–water partition coefficient (Wildman–Crippen LogP) is -0.182. The minimum Gasteiger partial charge on any atom is -0.380 e. The normalized spacial score (nSPS) is 40.1. The Hall–Kier alpha value is -0.410. The summed E-state index contributed by atoms with van der Waals surface area (Å²) in [6, 6.07) is -0.343. The molecule has 1 fully saturated rings. The van der Waals surface area contributed by atoms with E-state index in [1.54, 1.807) is 0 Å². The highest BCUT2D eigenvalue weighted by Crippen LogP contribution is 2.28. The third-order valence-electron chi connectivity index (χ3n) is 2.30. The molecule has 1 saturated carbocycles. The number of Topliss-reactive ketones (excluding diaryl/α,β-unsaturated/α-hetero) is 1. The zero-order valence-corrected chi connectivity index (χ0v) is 6.13. The van der Waals surface area contributed by atoms with Crippen LogP contribution in [0.15, 0.2) is 0 Å². The number of rotatable bonds is 1. The number of nitrogens with two attached hydrogens (primary N) is 1. The standard InChI is InChI=1S/C7H13NO2/c1-5(9)7(10)4-2-3-6(7)8/h6,10H,2-4,8H2,1H3. The first-order valence-corrected chi connectivity index (χ1v) is 3.56. The maximum absolute atomic E-state index is 10.8. The number of aliphatic hydroxyl groups is 1. The van der Waals surface area contributed by atoms with Crippen LogP contribution in [0, 0.1) is 0 Å². The molecule has 3 heteroatoms. The van der Waals surface area contributed by atoms with Crippen LogP contribution in [0.5, 0.6) is 0 Å². The SMILES string of the molecule is CC(=O)C1(O)CCCC1N. The van der Waals surface area contributed by atoms with Gasteiger partial charge in [0.25, 0.3) is 0 Å². The maximum atomic E-state index is 10.8. The molecule has 0 bridgehead atoms. The molecule has 0 spiro atoms. The van der Waals surface area contributed by atoms with Crippen molar-refractivity contribution in [1.29, 1.82) is 0 Å². The van der Waals surface area contributed by atoms with Crippen molar-refractivity contribution in [1.82, 2.24) is 0 Å². The monoisotopic (exact) mass is 143 g/mol. The van der Waals surface area contributed by atoms with Gasteiger partial charge in [-0.3, -0.25) is 4.79 Å². The average molecular weight is 143 g/mol. The van der Waals surface area contributed by atoms with Crippen LogP contribution in [0.1, 0.15) is 26.2 Å². The molecular formula is C7H13NO2. The van der Waals surface area contributed by atoms with Gasteiger partial charge in [-0.25, -0.2) is 0 Å². The Morgan fingerprint density at radius 1 is 1.80 bits per heavy atom. The molecule has 0 saturated heterocycles. The van der Waals surface area contributed by atoms with Gasteiger partial charge in [0.15, 0.2) is 5.78 Å². The van der Waals surface area contributed by atoms with Crippen LogP contribution in [-0.2, 0) is 4.79 Å². The van der Waals surface area contributed by atoms with Crippen molar-refractivity contribution in [2.75, 3.05) is 0 Å². The highest BCUT2D eigenvalue weighted by molar-refractivity contribution is 5.85. The van der Waals surface area contributed by atoms with Crippen LogP contribution in [-0.4, -0.2) is 22.5 Å². The molecule has 0 radical (unpaired) electrons. The summed E-state index contributed by atoms with van der Waals surface area (Å²) in [6.07, 6.45) is 2.15. The lowest BCUT2D eigenvalue weighted by Gasteiger charge is -2.23. The summed E-state index contributed by atoms with van der Waals surface area (Å²) in [5, 5.41) is 9.56. The topological polar surface area (TPSA) is 63.3 Å². The highest BCUT2D eigenvalue weighted by Gasteiger charge is 2.42. The number of hydrogen-bond donors (Lipinski definition) is 2. The van der Waals surface area contributed by atoms with Crippen molar-refractivity contribution in [2.24, 2.45) is 5.73 Å². The zero-order valence-electron chi connectivity index (χ0n) is 6.13. The van der Waals surface area contributed by atoms with Gasteiger partial charge in [-0.05, 0) is 26.2 Å². The van der Waals surface area contributed by atoms with Crippen LogP contribution >= 0.6 is 0 Å². The zero-order chi connectivity index (χ0) is 7.78. The molecule has 2 unspecified atom stereocenters. The highest BCUT2D eigenvalue weighted by atomic mass is 16.3. The first-order chi connectivity index (χ1) is 4.57. The molecule has 0 aromatic carbocycles. The molecule has 1 aliphatic rings. The number of ketones is 1. The first-order valence-electron chi connectivity index (χ1n) is 3.56. The van der Waals surface area contributed by atoms with Gasteiger partial charge in [0.1, 0.15) is 5.60 Å². The Kier molecular flexibility index (Phi) is 1.79. The van der Waals surface area contributed by atoms with Gasteiger partial charge in [0, 0.05) is 6.04 Å². The smallest absolute Gasteiger partial charge is 0.162 e. The Labute approximate surface area is 60.2 Å². The Morgan fingerprint density at radius 2 is 2.40 bits per heavy atom. The fourth-order valence-corrected chi connectivity index (χ4v) is 1.45. The van der Waals surface area contributed by atoms with E-state index in [0.29, 0.717) is 6.42 Å². The molecule has 0 aromatic heterocycles. The van der Waals surface area contributed by atoms with Crippen molar-refractivity contribution >= 4 is 5.78 Å². The van der Waals surface area contributed by atoms with Crippen molar-refractivity contribution in [2.45, 2.75) is 37.8 Å². The summed E-state index contributed by atoms with van der Waals surface area (Å²) >= 11 is 0. The summed E-state index contributed by atoms with van der Waals surface area (Å²) < 4.78 is 0. The molecule has 0 aromatic rings. The lowest BCUT2D eigenvalue weighted by molar-refractivity contribution is -0.135. The van der Waals surface area contributed by atoms with E-state index in [4.69, 9.17) is 5.73 Å². The summed E-state index contributed by atoms with van der Waals surface area (Å²) in [5.74, 6) is -0.197. The van der Waals surface area contributed by atoms with E-state index in [1.807, 2.05) is 0 Å². The van der Waals surface area contributed by atoms with Crippen LogP contribution in [0.25, 0.3) is 0 Å². The van der Waals surface area contributed by atoms with Crippen molar-refractivity contribution in [3.8, 4) is 0 Å². The van der Waals surface area contributed by atoms with Gasteiger partial charge < -0.3 is 10.8 Å². The summed E-state index contributed by atoms with van der Waals surface area (Å²) in [5.41, 5.74) is 4.34. The molecule has 58 valence electrons. The molecule has 1 rings (SSSR count). The van der Waals surface area contributed by atoms with E-state index in [9.17, 15) is 9.90 Å². The Bertz CT molecular complexity index is 158. The van der Waals surface area contributed by atoms with Gasteiger partial charge in [0.05, 0.1) is 0 Å². The number of carbonyl (C=O) groups excluding carboxylic acids is 1. The van der Waals surface area contributed by atoms with Crippen LogP contribution in [0.3, 0.4) is 0 Å². The number of carbonyl (C=O) groups is 1. The van der Waals surface area contributed by atoms with Crippen molar-refractivity contribution in [3.63, 3.8) is 0 Å². The summed E-state index contributed by atoms with van der Waals surface area (Å²) in [4.78, 5) is 10.8. The second kappa shape index (κ2) is 2.32. The van der Waals surface area contributed by atoms with Crippen LogP contribution in [0.4, 0.5) is 0 Å². The predicted molar refractivity (Wildman–Crippen MR) is 37.5 cm³/mol. The quantitative estimate of drug-likeness (QED) is 0.535. The van der Waals surface area contributed by atoms with Gasteiger partial charge >= 0.3 is 0 Å².